The fourth-order valence-corrected chi connectivity index (χ4v) is 6.94. The highest BCUT2D eigenvalue weighted by Crippen LogP contribution is 2.37. The van der Waals surface area contributed by atoms with Crippen LogP contribution in [-0.4, -0.2) is 70.9 Å². The lowest BCUT2D eigenvalue weighted by Gasteiger charge is -2.35. The van der Waals surface area contributed by atoms with E-state index in [-0.39, 0.29) is 36.7 Å². The van der Waals surface area contributed by atoms with Gasteiger partial charge in [-0.25, -0.2) is 9.97 Å². The molecule has 0 unspecified atom stereocenters. The number of ether oxygens (including phenoxy) is 2. The quantitative estimate of drug-likeness (QED) is 0.137. The second kappa shape index (κ2) is 13.6. The minimum atomic E-state index is -0.753. The van der Waals surface area contributed by atoms with Crippen LogP contribution in [0.15, 0.2) is 66.7 Å². The number of benzene rings is 2. The molecule has 2 amide bonds. The van der Waals surface area contributed by atoms with Gasteiger partial charge in [0.2, 0.25) is 17.7 Å². The van der Waals surface area contributed by atoms with Crippen molar-refractivity contribution in [1.29, 1.82) is 0 Å². The van der Waals surface area contributed by atoms with Crippen LogP contribution in [0.4, 0.5) is 5.13 Å². The summed E-state index contributed by atoms with van der Waals surface area (Å²) in [5.74, 6) is 0.708. The van der Waals surface area contributed by atoms with E-state index in [0.29, 0.717) is 32.7 Å². The molecule has 3 heterocycles. The Balaban J connectivity index is 1.26. The van der Waals surface area contributed by atoms with Crippen LogP contribution in [0, 0.1) is 11.3 Å². The summed E-state index contributed by atoms with van der Waals surface area (Å²) < 4.78 is 11.9. The highest BCUT2D eigenvalue weighted by Gasteiger charge is 2.47. The van der Waals surface area contributed by atoms with Crippen molar-refractivity contribution in [3.05, 3.63) is 77.3 Å². The fourth-order valence-electron chi connectivity index (χ4n) is 6.02. The number of hydrogen-bond donors (Lipinski definition) is 2. The number of anilines is 1. The summed E-state index contributed by atoms with van der Waals surface area (Å²) in [5.41, 5.74) is 1.63. The zero-order valence-electron chi connectivity index (χ0n) is 27.2. The van der Waals surface area contributed by atoms with E-state index >= 15 is 0 Å². The first-order valence-electron chi connectivity index (χ1n) is 15.8. The number of aromatic nitrogens is 2. The van der Waals surface area contributed by atoms with Crippen molar-refractivity contribution in [2.45, 2.75) is 57.8 Å². The number of likely N-dealkylation sites (tertiary alicyclic amines) is 1. The molecule has 2 aliphatic rings. The van der Waals surface area contributed by atoms with Gasteiger partial charge >= 0.3 is 0 Å². The van der Waals surface area contributed by atoms with Gasteiger partial charge in [-0.15, -0.1) is 17.9 Å². The van der Waals surface area contributed by atoms with Crippen LogP contribution in [0.5, 0.6) is 11.6 Å². The molecule has 2 N–H and O–H groups in total. The predicted octanol–water partition coefficient (Wildman–Crippen LogP) is 6.40. The smallest absolute Gasteiger partial charge is 0.246 e. The molecule has 1 saturated carbocycles. The van der Waals surface area contributed by atoms with Crippen LogP contribution in [-0.2, 0) is 9.59 Å². The van der Waals surface area contributed by atoms with Crippen LogP contribution >= 0.6 is 22.9 Å². The minimum absolute atomic E-state index is 0.00661. The van der Waals surface area contributed by atoms with Gasteiger partial charge in [-0.3, -0.25) is 14.4 Å². The topological polar surface area (TPSA) is 123 Å². The third kappa shape index (κ3) is 7.02. The van der Waals surface area contributed by atoms with Crippen LogP contribution in [0.1, 0.15) is 44.0 Å². The molecule has 1 aliphatic carbocycles. The number of pyridine rings is 1. The first-order valence-corrected chi connectivity index (χ1v) is 17.0. The van der Waals surface area contributed by atoms with Gasteiger partial charge in [0.15, 0.2) is 5.13 Å². The van der Waals surface area contributed by atoms with Crippen LogP contribution in [0.3, 0.4) is 0 Å². The SMILES string of the molecule is C=C[C@@H]1C[C@H]1NC(=O)[C@@H]1C[C@@H](Oc2ncc(OC)c3ccc(Cl)cc23)CN1C(=O)[C@@H](Nc1nc(-c2ccc(C=O)cc2)cs1)C(C)(C)C. The van der Waals surface area contributed by atoms with E-state index in [9.17, 15) is 14.4 Å². The highest BCUT2D eigenvalue weighted by atomic mass is 35.5. The van der Waals surface area contributed by atoms with E-state index in [1.54, 1.807) is 42.5 Å². The van der Waals surface area contributed by atoms with Gasteiger partial charge in [0.05, 0.1) is 25.5 Å². The number of aldehydes is 1. The number of hydrogen-bond acceptors (Lipinski definition) is 9. The molecule has 0 radical (unpaired) electrons. The number of nitrogens with zero attached hydrogens (tertiary/aromatic N) is 3. The van der Waals surface area contributed by atoms with Crippen molar-refractivity contribution in [3.8, 4) is 22.9 Å². The Morgan fingerprint density at radius 3 is 2.58 bits per heavy atom. The first-order chi connectivity index (χ1) is 23.0. The Labute approximate surface area is 288 Å². The maximum absolute atomic E-state index is 14.5. The maximum atomic E-state index is 14.5. The summed E-state index contributed by atoms with van der Waals surface area (Å²) >= 11 is 7.73. The molecule has 5 atom stereocenters. The van der Waals surface area contributed by atoms with Crippen molar-refractivity contribution in [1.82, 2.24) is 20.2 Å². The number of halogens is 1. The standard InChI is InChI=1S/C36H38ClN5O5S/c1-6-21-13-27(21)39-32(44)29-15-24(47-33-26-14-23(37)11-12-25(26)30(46-5)16-38-33)17-42(29)34(45)31(36(2,3)4)41-35-40-28(19-48-35)22-9-7-20(18-43)8-10-22/h6-12,14,16,18-19,21,24,27,29,31H,1,13,15,17H2,2-5H3,(H,39,44)(H,40,41)/t21-,24-,27-,29+,31-/m1/s1. The zero-order valence-corrected chi connectivity index (χ0v) is 28.8. The van der Waals surface area contributed by atoms with Gasteiger partial charge in [0, 0.05) is 44.8 Å². The number of nitrogens with one attached hydrogen (secondary N) is 2. The number of methoxy groups -OCH3 is 1. The molecule has 1 saturated heterocycles. The van der Waals surface area contributed by atoms with Gasteiger partial charge in [0.25, 0.3) is 0 Å². The van der Waals surface area contributed by atoms with E-state index in [4.69, 9.17) is 26.1 Å². The highest BCUT2D eigenvalue weighted by molar-refractivity contribution is 7.14. The van der Waals surface area contributed by atoms with Crippen molar-refractivity contribution in [2.75, 3.05) is 19.0 Å². The summed E-state index contributed by atoms with van der Waals surface area (Å²) in [6.45, 7) is 9.97. The van der Waals surface area contributed by atoms with E-state index < -0.39 is 23.6 Å². The number of carbonyl (C=O) groups excluding carboxylic acids is 3. The van der Waals surface area contributed by atoms with Crippen molar-refractivity contribution in [3.63, 3.8) is 0 Å². The second-order valence-electron chi connectivity index (χ2n) is 13.3. The van der Waals surface area contributed by atoms with Crippen LogP contribution < -0.4 is 20.1 Å². The Morgan fingerprint density at radius 2 is 1.92 bits per heavy atom. The van der Waals surface area contributed by atoms with Gasteiger partial charge in [-0.1, -0.05) is 62.7 Å². The summed E-state index contributed by atoms with van der Waals surface area (Å²) in [5, 5.41) is 11.0. The third-order valence-corrected chi connectivity index (χ3v) is 9.83. The summed E-state index contributed by atoms with van der Waals surface area (Å²) in [7, 11) is 1.57. The molecule has 250 valence electrons. The zero-order chi connectivity index (χ0) is 34.2. The Morgan fingerprint density at radius 1 is 1.15 bits per heavy atom. The Hall–Kier alpha value is -4.48. The van der Waals surface area contributed by atoms with Gasteiger partial charge < -0.3 is 25.0 Å². The monoisotopic (exact) mass is 687 g/mol. The number of amides is 2. The molecule has 12 heteroatoms. The van der Waals surface area contributed by atoms with Gasteiger partial charge in [0.1, 0.15) is 30.2 Å². The number of rotatable bonds is 11. The largest absolute Gasteiger partial charge is 0.494 e. The second-order valence-corrected chi connectivity index (χ2v) is 14.6. The number of carbonyl (C=O) groups is 3. The van der Waals surface area contributed by atoms with Gasteiger partial charge in [-0.2, -0.15) is 0 Å². The lowest BCUT2D eigenvalue weighted by atomic mass is 9.85. The summed E-state index contributed by atoms with van der Waals surface area (Å²) in [6, 6.07) is 11.1. The number of thiazole rings is 1. The average Bonchev–Trinajstić information content (AvgIpc) is 3.43. The first kappa shape index (κ1) is 33.4. The van der Waals surface area contributed by atoms with Crippen LogP contribution in [0.25, 0.3) is 22.0 Å². The summed E-state index contributed by atoms with van der Waals surface area (Å²) in [6.07, 6.45) is 4.84. The molecule has 48 heavy (non-hydrogen) atoms. The van der Waals surface area contributed by atoms with Crippen molar-refractivity contribution >= 4 is 56.9 Å². The van der Waals surface area contributed by atoms with E-state index in [0.717, 1.165) is 29.4 Å². The van der Waals surface area contributed by atoms with E-state index in [1.165, 1.54) is 11.3 Å². The Kier molecular flexibility index (Phi) is 9.44. The summed E-state index contributed by atoms with van der Waals surface area (Å²) in [4.78, 5) is 50.2. The molecule has 2 aromatic carbocycles. The molecular formula is C36H38ClN5O5S. The number of fused-ring (bicyclic) bond motifs is 1. The fraction of sp³-hybridized carbons (Fsp3) is 0.361. The van der Waals surface area contributed by atoms with Gasteiger partial charge in [-0.05, 0) is 36.0 Å². The van der Waals surface area contributed by atoms with Crippen molar-refractivity contribution in [2.24, 2.45) is 11.3 Å². The molecule has 4 aromatic rings. The lowest BCUT2D eigenvalue weighted by Crippen LogP contribution is -2.54. The van der Waals surface area contributed by atoms with E-state index in [2.05, 4.69) is 22.2 Å². The minimum Gasteiger partial charge on any atom is -0.494 e. The normalized spacial score (nSPS) is 21.0. The molecule has 0 bridgehead atoms. The lowest BCUT2D eigenvalue weighted by molar-refractivity contribution is -0.140. The predicted molar refractivity (Wildman–Crippen MR) is 188 cm³/mol. The molecule has 10 nitrogen and oxygen atoms in total. The molecule has 1 aliphatic heterocycles. The van der Waals surface area contributed by atoms with Crippen molar-refractivity contribution < 1.29 is 23.9 Å². The molecule has 0 spiro atoms. The average molecular weight is 688 g/mol. The third-order valence-electron chi connectivity index (χ3n) is 8.82. The van der Waals surface area contributed by atoms with E-state index in [1.807, 2.05) is 50.4 Å². The van der Waals surface area contributed by atoms with Crippen LogP contribution in [0.2, 0.25) is 5.02 Å². The molecule has 6 rings (SSSR count). The maximum Gasteiger partial charge on any atom is 0.246 e. The molecule has 2 aromatic heterocycles. The Bertz CT molecular complexity index is 1860. The molecule has 2 fully saturated rings. The molecular weight excluding hydrogens is 650 g/mol.